The fraction of sp³-hybridized carbons (Fsp3) is 0.280. The number of urea groups is 1. The summed E-state index contributed by atoms with van der Waals surface area (Å²) in [6.45, 7) is 4.95. The molecule has 0 bridgehead atoms. The van der Waals surface area contributed by atoms with E-state index in [0.29, 0.717) is 0 Å². The molecule has 0 fully saturated rings. The Hall–Kier alpha value is -3.54. The zero-order valence-electron chi connectivity index (χ0n) is 18.1. The van der Waals surface area contributed by atoms with Crippen LogP contribution in [-0.4, -0.2) is 29.0 Å². The molecule has 2 atom stereocenters. The Morgan fingerprint density at radius 2 is 1.84 bits per heavy atom. The average Bonchev–Trinajstić information content (AvgIpc) is 3.32. The number of hydrogen-bond donors (Lipinski definition) is 2. The largest absolute Gasteiger partial charge is 0.497 e. The van der Waals surface area contributed by atoms with E-state index in [2.05, 4.69) is 65.6 Å². The smallest absolute Gasteiger partial charge is 0.319 e. The fourth-order valence-corrected chi connectivity index (χ4v) is 4.19. The molecule has 160 valence electrons. The first-order valence-electron chi connectivity index (χ1n) is 10.5. The van der Waals surface area contributed by atoms with Gasteiger partial charge in [0, 0.05) is 28.9 Å². The maximum atomic E-state index is 12.4. The maximum Gasteiger partial charge on any atom is 0.319 e. The number of nitrogens with zero attached hydrogens (tertiary/aromatic N) is 2. The number of ether oxygens (including phenoxy) is 1. The number of hydrogen-bond acceptors (Lipinski definition) is 3. The standard InChI is InChI=1S/C25H28N4O2/c1-17-24(18(2)29(28-17)16-19-7-5-4-6-8-19)20-9-10-22(15-20)27-25(30)26-21-11-13-23(31-3)14-12-21/h4-14,20,22H,15-16H2,1-3H3,(H2,26,27,30)/t20-,22+/m0/s1. The van der Waals surface area contributed by atoms with Gasteiger partial charge in [0.2, 0.25) is 0 Å². The number of allylic oxidation sites excluding steroid dienone is 1. The third-order valence-corrected chi connectivity index (χ3v) is 5.73. The molecule has 2 N–H and O–H groups in total. The zero-order valence-corrected chi connectivity index (χ0v) is 18.1. The van der Waals surface area contributed by atoms with Gasteiger partial charge < -0.3 is 15.4 Å². The van der Waals surface area contributed by atoms with Crippen molar-refractivity contribution in [3.05, 3.63) is 89.3 Å². The van der Waals surface area contributed by atoms with Crippen LogP contribution in [0, 0.1) is 13.8 Å². The lowest BCUT2D eigenvalue weighted by Gasteiger charge is -2.15. The van der Waals surface area contributed by atoms with Gasteiger partial charge in [0.1, 0.15) is 5.75 Å². The number of benzene rings is 2. The van der Waals surface area contributed by atoms with Crippen molar-refractivity contribution in [2.75, 3.05) is 12.4 Å². The Balaban J connectivity index is 1.37. The molecule has 0 radical (unpaired) electrons. The highest BCUT2D eigenvalue weighted by molar-refractivity contribution is 5.89. The summed E-state index contributed by atoms with van der Waals surface area (Å²) < 4.78 is 7.22. The zero-order chi connectivity index (χ0) is 21.8. The number of amides is 2. The van der Waals surface area contributed by atoms with E-state index < -0.39 is 0 Å². The molecule has 1 heterocycles. The molecule has 2 aromatic carbocycles. The van der Waals surface area contributed by atoms with E-state index in [1.165, 1.54) is 16.8 Å². The highest BCUT2D eigenvalue weighted by atomic mass is 16.5. The second-order valence-corrected chi connectivity index (χ2v) is 7.89. The number of methoxy groups -OCH3 is 1. The Morgan fingerprint density at radius 3 is 2.55 bits per heavy atom. The molecule has 1 aliphatic rings. The molecule has 0 unspecified atom stereocenters. The van der Waals surface area contributed by atoms with Gasteiger partial charge in [0.15, 0.2) is 0 Å². The van der Waals surface area contributed by atoms with Crippen molar-refractivity contribution in [3.8, 4) is 5.75 Å². The van der Waals surface area contributed by atoms with Crippen molar-refractivity contribution < 1.29 is 9.53 Å². The van der Waals surface area contributed by atoms with Gasteiger partial charge in [-0.05, 0) is 50.1 Å². The number of rotatable bonds is 6. The van der Waals surface area contributed by atoms with E-state index in [9.17, 15) is 4.79 Å². The van der Waals surface area contributed by atoms with E-state index in [0.717, 1.165) is 30.1 Å². The van der Waals surface area contributed by atoms with Crippen LogP contribution in [0.5, 0.6) is 5.75 Å². The lowest BCUT2D eigenvalue weighted by atomic mass is 9.96. The van der Waals surface area contributed by atoms with Crippen LogP contribution in [0.1, 0.15) is 34.9 Å². The summed E-state index contributed by atoms with van der Waals surface area (Å²) in [5.74, 6) is 1.00. The number of aromatic nitrogens is 2. The van der Waals surface area contributed by atoms with Crippen LogP contribution in [-0.2, 0) is 6.54 Å². The minimum atomic E-state index is -0.214. The highest BCUT2D eigenvalue weighted by Crippen LogP contribution is 2.33. The van der Waals surface area contributed by atoms with Crippen LogP contribution in [0.2, 0.25) is 0 Å². The van der Waals surface area contributed by atoms with Crippen LogP contribution < -0.4 is 15.4 Å². The molecule has 6 heteroatoms. The first-order chi connectivity index (χ1) is 15.0. The van der Waals surface area contributed by atoms with Gasteiger partial charge in [-0.1, -0.05) is 42.5 Å². The number of carbonyl (C=O) groups is 1. The van der Waals surface area contributed by atoms with Crippen LogP contribution >= 0.6 is 0 Å². The molecule has 3 aromatic rings. The predicted molar refractivity (Wildman–Crippen MR) is 123 cm³/mol. The summed E-state index contributed by atoms with van der Waals surface area (Å²) in [7, 11) is 1.62. The van der Waals surface area contributed by atoms with Crippen LogP contribution in [0.25, 0.3) is 0 Å². The quantitative estimate of drug-likeness (QED) is 0.568. The van der Waals surface area contributed by atoms with Gasteiger partial charge in [-0.2, -0.15) is 5.10 Å². The van der Waals surface area contributed by atoms with Crippen LogP contribution in [0.3, 0.4) is 0 Å². The first-order valence-corrected chi connectivity index (χ1v) is 10.5. The third-order valence-electron chi connectivity index (χ3n) is 5.73. The van der Waals surface area contributed by atoms with Crippen molar-refractivity contribution in [1.29, 1.82) is 0 Å². The molecule has 1 aromatic heterocycles. The third kappa shape index (κ3) is 4.79. The number of nitrogens with one attached hydrogen (secondary N) is 2. The minimum Gasteiger partial charge on any atom is -0.497 e. The van der Waals surface area contributed by atoms with Gasteiger partial charge in [-0.3, -0.25) is 4.68 Å². The molecule has 1 aliphatic carbocycles. The molecular weight excluding hydrogens is 388 g/mol. The predicted octanol–water partition coefficient (Wildman–Crippen LogP) is 4.79. The van der Waals surface area contributed by atoms with Crippen molar-refractivity contribution in [2.24, 2.45) is 0 Å². The number of carbonyl (C=O) groups excluding carboxylic acids is 1. The van der Waals surface area contributed by atoms with Gasteiger partial charge in [0.05, 0.1) is 19.3 Å². The van der Waals surface area contributed by atoms with Crippen molar-refractivity contribution >= 4 is 11.7 Å². The maximum absolute atomic E-state index is 12.4. The summed E-state index contributed by atoms with van der Waals surface area (Å²) in [6.07, 6.45) is 5.09. The van der Waals surface area contributed by atoms with E-state index >= 15 is 0 Å². The molecule has 0 saturated heterocycles. The second kappa shape index (κ2) is 9.08. The summed E-state index contributed by atoms with van der Waals surface area (Å²) in [5.41, 5.74) is 5.44. The van der Waals surface area contributed by atoms with Gasteiger partial charge in [-0.15, -0.1) is 0 Å². The monoisotopic (exact) mass is 416 g/mol. The summed E-state index contributed by atoms with van der Waals surface area (Å²) >= 11 is 0. The van der Waals surface area contributed by atoms with Crippen molar-refractivity contribution in [1.82, 2.24) is 15.1 Å². The minimum absolute atomic E-state index is 0.0143. The number of anilines is 1. The molecule has 4 rings (SSSR count). The second-order valence-electron chi connectivity index (χ2n) is 7.89. The summed E-state index contributed by atoms with van der Waals surface area (Å²) in [4.78, 5) is 12.4. The number of aryl methyl sites for hydroxylation is 1. The average molecular weight is 417 g/mol. The van der Waals surface area contributed by atoms with Crippen LogP contribution in [0.4, 0.5) is 10.5 Å². The molecule has 0 aliphatic heterocycles. The normalized spacial score (nSPS) is 17.5. The Morgan fingerprint density at radius 1 is 1.10 bits per heavy atom. The molecule has 0 saturated carbocycles. The topological polar surface area (TPSA) is 68.2 Å². The van der Waals surface area contributed by atoms with Gasteiger partial charge >= 0.3 is 6.03 Å². The van der Waals surface area contributed by atoms with Crippen molar-refractivity contribution in [2.45, 2.75) is 38.8 Å². The Kier molecular flexibility index (Phi) is 6.07. The Bertz CT molecular complexity index is 1070. The lowest BCUT2D eigenvalue weighted by Crippen LogP contribution is -2.36. The summed E-state index contributed by atoms with van der Waals surface area (Å²) in [5, 5.41) is 10.7. The van der Waals surface area contributed by atoms with Gasteiger partial charge in [0.25, 0.3) is 0 Å². The molecule has 31 heavy (non-hydrogen) atoms. The van der Waals surface area contributed by atoms with E-state index in [1.807, 2.05) is 30.3 Å². The molecular formula is C25H28N4O2. The summed E-state index contributed by atoms with van der Waals surface area (Å²) in [6, 6.07) is 17.4. The lowest BCUT2D eigenvalue weighted by molar-refractivity contribution is 0.250. The molecule has 0 spiro atoms. The Labute approximate surface area is 182 Å². The SMILES string of the molecule is COc1ccc(NC(=O)N[C@@H]2C=C[C@H](c3c(C)nn(Cc4ccccc4)c3C)C2)cc1. The first kappa shape index (κ1) is 20.7. The van der Waals surface area contributed by atoms with E-state index in [-0.39, 0.29) is 18.0 Å². The fourth-order valence-electron chi connectivity index (χ4n) is 4.19. The van der Waals surface area contributed by atoms with Crippen molar-refractivity contribution in [3.63, 3.8) is 0 Å². The van der Waals surface area contributed by atoms with Crippen LogP contribution in [0.15, 0.2) is 66.7 Å². The van der Waals surface area contributed by atoms with E-state index in [4.69, 9.17) is 9.84 Å². The van der Waals surface area contributed by atoms with Gasteiger partial charge in [-0.25, -0.2) is 4.79 Å². The molecule has 6 nitrogen and oxygen atoms in total. The van der Waals surface area contributed by atoms with E-state index in [1.54, 1.807) is 7.11 Å². The molecule has 2 amide bonds. The highest BCUT2D eigenvalue weighted by Gasteiger charge is 2.26.